The van der Waals surface area contributed by atoms with Gasteiger partial charge in [0.2, 0.25) is 0 Å². The lowest BCUT2D eigenvalue weighted by Crippen LogP contribution is -2.26. The van der Waals surface area contributed by atoms with E-state index in [0.29, 0.717) is 12.0 Å². The molecule has 0 saturated carbocycles. The number of hydrogen-bond acceptors (Lipinski definition) is 2. The third-order valence-electron chi connectivity index (χ3n) is 3.00. The minimum atomic E-state index is 0.263. The summed E-state index contributed by atoms with van der Waals surface area (Å²) < 4.78 is 2.12. The van der Waals surface area contributed by atoms with Crippen LogP contribution in [-0.4, -0.2) is 22.3 Å². The standard InChI is InChI=1S/C12H18N2O/c1-14-6-2-3-12(14)8-13-11-5-4-10(7-11)9-15/h2-6,10-11,13,15H,7-9H2,1H3/t10-,11+/m0/s1. The van der Waals surface area contributed by atoms with Gasteiger partial charge in [0.05, 0.1) is 0 Å². The Balaban J connectivity index is 1.80. The smallest absolute Gasteiger partial charge is 0.0494 e. The minimum Gasteiger partial charge on any atom is -0.396 e. The Morgan fingerprint density at radius 2 is 2.40 bits per heavy atom. The molecule has 1 aliphatic rings. The number of aryl methyl sites for hydroxylation is 1. The molecular formula is C12H18N2O. The van der Waals surface area contributed by atoms with Gasteiger partial charge in [-0.25, -0.2) is 0 Å². The molecule has 0 aliphatic heterocycles. The van der Waals surface area contributed by atoms with Crippen LogP contribution in [0.25, 0.3) is 0 Å². The molecule has 2 rings (SSSR count). The van der Waals surface area contributed by atoms with Crippen molar-refractivity contribution in [3.8, 4) is 0 Å². The quantitative estimate of drug-likeness (QED) is 0.723. The fourth-order valence-corrected chi connectivity index (χ4v) is 1.98. The van der Waals surface area contributed by atoms with Gasteiger partial charge in [0.25, 0.3) is 0 Å². The molecule has 1 aromatic heterocycles. The molecule has 0 amide bonds. The van der Waals surface area contributed by atoms with E-state index in [1.165, 1.54) is 5.69 Å². The highest BCUT2D eigenvalue weighted by molar-refractivity contribution is 5.09. The van der Waals surface area contributed by atoms with Crippen molar-refractivity contribution in [2.75, 3.05) is 6.61 Å². The zero-order chi connectivity index (χ0) is 10.7. The maximum absolute atomic E-state index is 9.00. The van der Waals surface area contributed by atoms with E-state index in [1.54, 1.807) is 0 Å². The molecule has 15 heavy (non-hydrogen) atoms. The second kappa shape index (κ2) is 4.64. The highest BCUT2D eigenvalue weighted by atomic mass is 16.3. The molecule has 0 saturated heterocycles. The van der Waals surface area contributed by atoms with Crippen LogP contribution in [0.2, 0.25) is 0 Å². The molecular weight excluding hydrogens is 188 g/mol. The largest absolute Gasteiger partial charge is 0.396 e. The van der Waals surface area contributed by atoms with Crippen molar-refractivity contribution >= 4 is 0 Å². The summed E-state index contributed by atoms with van der Waals surface area (Å²) in [6.07, 6.45) is 7.32. The average Bonchev–Trinajstić information content (AvgIpc) is 2.84. The van der Waals surface area contributed by atoms with Crippen LogP contribution in [-0.2, 0) is 13.6 Å². The molecule has 0 unspecified atom stereocenters. The van der Waals surface area contributed by atoms with E-state index in [2.05, 4.69) is 47.4 Å². The summed E-state index contributed by atoms with van der Waals surface area (Å²) in [5, 5.41) is 12.5. The van der Waals surface area contributed by atoms with Gasteiger partial charge in [0.15, 0.2) is 0 Å². The molecule has 0 fully saturated rings. The summed E-state index contributed by atoms with van der Waals surface area (Å²) in [6.45, 7) is 1.15. The number of rotatable bonds is 4. The molecule has 82 valence electrons. The summed E-state index contributed by atoms with van der Waals surface area (Å²) in [4.78, 5) is 0. The van der Waals surface area contributed by atoms with Gasteiger partial charge in [-0.2, -0.15) is 0 Å². The molecule has 0 spiro atoms. The van der Waals surface area contributed by atoms with Gasteiger partial charge >= 0.3 is 0 Å². The monoisotopic (exact) mass is 206 g/mol. The van der Waals surface area contributed by atoms with E-state index in [4.69, 9.17) is 5.11 Å². The number of aliphatic hydroxyl groups is 1. The van der Waals surface area contributed by atoms with Crippen molar-refractivity contribution in [1.82, 2.24) is 9.88 Å². The van der Waals surface area contributed by atoms with Crippen LogP contribution in [0.1, 0.15) is 12.1 Å². The molecule has 1 aliphatic carbocycles. The number of nitrogens with one attached hydrogen (secondary N) is 1. The highest BCUT2D eigenvalue weighted by Gasteiger charge is 2.17. The van der Waals surface area contributed by atoms with E-state index in [1.807, 2.05) is 0 Å². The lowest BCUT2D eigenvalue weighted by atomic mass is 10.1. The first-order valence-corrected chi connectivity index (χ1v) is 5.42. The summed E-state index contributed by atoms with van der Waals surface area (Å²) in [7, 11) is 2.05. The van der Waals surface area contributed by atoms with E-state index >= 15 is 0 Å². The van der Waals surface area contributed by atoms with Crippen LogP contribution in [0.5, 0.6) is 0 Å². The number of aliphatic hydroxyl groups excluding tert-OH is 1. The SMILES string of the molecule is Cn1cccc1CN[C@@H]1C=C[C@H](CO)C1. The minimum absolute atomic E-state index is 0.263. The summed E-state index contributed by atoms with van der Waals surface area (Å²) in [6, 6.07) is 4.59. The van der Waals surface area contributed by atoms with Gasteiger partial charge in [0, 0.05) is 44.0 Å². The Morgan fingerprint density at radius 1 is 1.53 bits per heavy atom. The molecule has 0 aromatic carbocycles. The number of hydrogen-bond donors (Lipinski definition) is 2. The third kappa shape index (κ3) is 2.49. The maximum atomic E-state index is 9.00. The van der Waals surface area contributed by atoms with Gasteiger partial charge in [-0.05, 0) is 18.6 Å². The van der Waals surface area contributed by atoms with Crippen molar-refractivity contribution in [2.24, 2.45) is 13.0 Å². The zero-order valence-electron chi connectivity index (χ0n) is 9.06. The van der Waals surface area contributed by atoms with Gasteiger partial charge in [-0.3, -0.25) is 0 Å². The second-order valence-electron chi connectivity index (χ2n) is 4.16. The normalized spacial score (nSPS) is 24.9. The van der Waals surface area contributed by atoms with Crippen molar-refractivity contribution in [3.63, 3.8) is 0 Å². The van der Waals surface area contributed by atoms with Crippen LogP contribution in [0.3, 0.4) is 0 Å². The summed E-state index contributed by atoms with van der Waals surface area (Å²) in [5.74, 6) is 0.343. The molecule has 3 nitrogen and oxygen atoms in total. The van der Waals surface area contributed by atoms with E-state index < -0.39 is 0 Å². The average molecular weight is 206 g/mol. The Morgan fingerprint density at radius 3 is 3.00 bits per heavy atom. The first-order chi connectivity index (χ1) is 7.29. The fourth-order valence-electron chi connectivity index (χ4n) is 1.98. The Kier molecular flexibility index (Phi) is 3.23. The molecule has 0 bridgehead atoms. The van der Waals surface area contributed by atoms with Crippen molar-refractivity contribution in [1.29, 1.82) is 0 Å². The fraction of sp³-hybridized carbons (Fsp3) is 0.500. The van der Waals surface area contributed by atoms with Crippen LogP contribution < -0.4 is 5.32 Å². The molecule has 2 atom stereocenters. The van der Waals surface area contributed by atoms with E-state index in [-0.39, 0.29) is 6.61 Å². The molecule has 1 heterocycles. The predicted molar refractivity (Wildman–Crippen MR) is 60.4 cm³/mol. The molecule has 0 radical (unpaired) electrons. The predicted octanol–water partition coefficient (Wildman–Crippen LogP) is 1.05. The van der Waals surface area contributed by atoms with Gasteiger partial charge in [-0.1, -0.05) is 12.2 Å². The Labute approximate surface area is 90.4 Å². The summed E-state index contributed by atoms with van der Waals surface area (Å²) >= 11 is 0. The van der Waals surface area contributed by atoms with Crippen LogP contribution >= 0.6 is 0 Å². The summed E-state index contributed by atoms with van der Waals surface area (Å²) in [5.41, 5.74) is 1.29. The topological polar surface area (TPSA) is 37.2 Å². The zero-order valence-corrected chi connectivity index (χ0v) is 9.06. The number of nitrogens with zero attached hydrogens (tertiary/aromatic N) is 1. The van der Waals surface area contributed by atoms with Crippen molar-refractivity contribution in [2.45, 2.75) is 19.0 Å². The highest BCUT2D eigenvalue weighted by Crippen LogP contribution is 2.17. The van der Waals surface area contributed by atoms with Crippen molar-refractivity contribution < 1.29 is 5.11 Å². The van der Waals surface area contributed by atoms with E-state index in [0.717, 1.165) is 13.0 Å². The maximum Gasteiger partial charge on any atom is 0.0494 e. The Hall–Kier alpha value is -1.06. The molecule has 1 aromatic rings. The van der Waals surface area contributed by atoms with Gasteiger partial charge < -0.3 is 15.0 Å². The van der Waals surface area contributed by atoms with E-state index in [9.17, 15) is 0 Å². The van der Waals surface area contributed by atoms with Crippen molar-refractivity contribution in [3.05, 3.63) is 36.2 Å². The number of aromatic nitrogens is 1. The van der Waals surface area contributed by atoms with Crippen LogP contribution in [0.15, 0.2) is 30.5 Å². The lowest BCUT2D eigenvalue weighted by Gasteiger charge is -2.12. The van der Waals surface area contributed by atoms with Crippen LogP contribution in [0, 0.1) is 5.92 Å². The lowest BCUT2D eigenvalue weighted by molar-refractivity contribution is 0.246. The van der Waals surface area contributed by atoms with Gasteiger partial charge in [0.1, 0.15) is 0 Å². The second-order valence-corrected chi connectivity index (χ2v) is 4.16. The molecule has 3 heteroatoms. The first-order valence-electron chi connectivity index (χ1n) is 5.42. The van der Waals surface area contributed by atoms with Gasteiger partial charge in [-0.15, -0.1) is 0 Å². The Bertz CT molecular complexity index is 343. The first kappa shape index (κ1) is 10.5. The third-order valence-corrected chi connectivity index (χ3v) is 3.00. The molecule has 2 N–H and O–H groups in total. The van der Waals surface area contributed by atoms with Crippen LogP contribution in [0.4, 0.5) is 0 Å².